The van der Waals surface area contributed by atoms with Gasteiger partial charge in [0.25, 0.3) is 0 Å². The fourth-order valence-corrected chi connectivity index (χ4v) is 3.63. The highest BCUT2D eigenvalue weighted by Crippen LogP contribution is 2.46. The van der Waals surface area contributed by atoms with Crippen LogP contribution in [0, 0.1) is 23.7 Å². The molecule has 0 aromatic rings. The summed E-state index contributed by atoms with van der Waals surface area (Å²) >= 11 is 0. The van der Waals surface area contributed by atoms with Crippen LogP contribution in [0.15, 0.2) is 0 Å². The Morgan fingerprint density at radius 1 is 1.08 bits per heavy atom. The van der Waals surface area contributed by atoms with Gasteiger partial charge >= 0.3 is 0 Å². The number of nitrogens with one attached hydrogen (secondary N) is 1. The lowest BCUT2D eigenvalue weighted by Crippen LogP contribution is -2.27. The van der Waals surface area contributed by atoms with E-state index >= 15 is 0 Å². The van der Waals surface area contributed by atoms with Crippen molar-refractivity contribution in [3.8, 4) is 0 Å². The van der Waals surface area contributed by atoms with Crippen molar-refractivity contribution >= 4 is 0 Å². The van der Waals surface area contributed by atoms with Crippen molar-refractivity contribution in [1.29, 1.82) is 0 Å². The molecule has 2 aliphatic carbocycles. The summed E-state index contributed by atoms with van der Waals surface area (Å²) in [7, 11) is 2.09. The Hall–Kier alpha value is -0.0400. The van der Waals surface area contributed by atoms with Crippen molar-refractivity contribution in [2.75, 3.05) is 13.6 Å². The van der Waals surface area contributed by atoms with Crippen LogP contribution in [-0.2, 0) is 0 Å². The average Bonchev–Trinajstić information content (AvgIpc) is 2.44. The zero-order chi connectivity index (χ0) is 9.26. The molecule has 1 heteroatoms. The van der Waals surface area contributed by atoms with E-state index in [1.807, 2.05) is 0 Å². The molecule has 0 radical (unpaired) electrons. The van der Waals surface area contributed by atoms with Crippen LogP contribution in [0.5, 0.6) is 0 Å². The van der Waals surface area contributed by atoms with E-state index in [2.05, 4.69) is 19.3 Å². The lowest BCUT2D eigenvalue weighted by Gasteiger charge is -2.31. The van der Waals surface area contributed by atoms with E-state index in [0.29, 0.717) is 0 Å². The molecule has 0 heterocycles. The minimum absolute atomic E-state index is 0.983. The predicted octanol–water partition coefficient (Wildman–Crippen LogP) is 2.67. The van der Waals surface area contributed by atoms with Gasteiger partial charge < -0.3 is 5.32 Å². The molecule has 0 spiro atoms. The van der Waals surface area contributed by atoms with Crippen LogP contribution in [0.25, 0.3) is 0 Å². The number of rotatable bonds is 2. The van der Waals surface area contributed by atoms with E-state index < -0.39 is 0 Å². The van der Waals surface area contributed by atoms with E-state index in [0.717, 1.165) is 23.7 Å². The molecular formula is C12H23N. The van der Waals surface area contributed by atoms with Crippen LogP contribution < -0.4 is 5.32 Å². The van der Waals surface area contributed by atoms with Crippen molar-refractivity contribution in [3.63, 3.8) is 0 Å². The highest BCUT2D eigenvalue weighted by atomic mass is 14.8. The number of fused-ring (bicyclic) bond motifs is 1. The summed E-state index contributed by atoms with van der Waals surface area (Å²) in [4.78, 5) is 0. The Kier molecular flexibility index (Phi) is 2.92. The standard InChI is InChI=1S/C12H23N/c1-9-5-11-4-3-10(8-13-2)7-12(11)6-9/h9-13H,3-8H2,1-2H3/t9-,10?,11?,12?/m0/s1. The molecule has 0 bridgehead atoms. The van der Waals surface area contributed by atoms with Crippen LogP contribution in [-0.4, -0.2) is 13.6 Å². The van der Waals surface area contributed by atoms with Gasteiger partial charge in [0, 0.05) is 0 Å². The van der Waals surface area contributed by atoms with Crippen molar-refractivity contribution in [3.05, 3.63) is 0 Å². The summed E-state index contributed by atoms with van der Waals surface area (Å²) < 4.78 is 0. The fourth-order valence-electron chi connectivity index (χ4n) is 3.63. The predicted molar refractivity (Wildman–Crippen MR) is 56.6 cm³/mol. The second kappa shape index (κ2) is 4.00. The Morgan fingerprint density at radius 2 is 1.85 bits per heavy atom. The van der Waals surface area contributed by atoms with Gasteiger partial charge in [-0.3, -0.25) is 0 Å². The minimum Gasteiger partial charge on any atom is -0.319 e. The molecule has 76 valence electrons. The molecule has 2 saturated carbocycles. The first kappa shape index (κ1) is 9.51. The first-order valence-electron chi connectivity index (χ1n) is 5.94. The Balaban J connectivity index is 1.86. The van der Waals surface area contributed by atoms with Crippen LogP contribution in [0.3, 0.4) is 0 Å². The first-order valence-corrected chi connectivity index (χ1v) is 5.94. The largest absolute Gasteiger partial charge is 0.319 e. The van der Waals surface area contributed by atoms with E-state index in [-0.39, 0.29) is 0 Å². The van der Waals surface area contributed by atoms with Gasteiger partial charge in [-0.25, -0.2) is 0 Å². The Morgan fingerprint density at radius 3 is 2.62 bits per heavy atom. The van der Waals surface area contributed by atoms with Crippen molar-refractivity contribution < 1.29 is 0 Å². The van der Waals surface area contributed by atoms with Crippen molar-refractivity contribution in [1.82, 2.24) is 5.32 Å². The van der Waals surface area contributed by atoms with Gasteiger partial charge in [-0.15, -0.1) is 0 Å². The quantitative estimate of drug-likeness (QED) is 0.690. The Labute approximate surface area is 82.3 Å². The monoisotopic (exact) mass is 181 g/mol. The molecule has 1 nitrogen and oxygen atoms in total. The van der Waals surface area contributed by atoms with Gasteiger partial charge in [0.15, 0.2) is 0 Å². The lowest BCUT2D eigenvalue weighted by molar-refractivity contribution is 0.207. The van der Waals surface area contributed by atoms with Gasteiger partial charge in [-0.1, -0.05) is 6.92 Å². The SMILES string of the molecule is CNCC1CCC2C[C@H](C)CC2C1. The molecule has 0 saturated heterocycles. The summed E-state index contributed by atoms with van der Waals surface area (Å²) in [5, 5.41) is 3.33. The van der Waals surface area contributed by atoms with Crippen LogP contribution in [0.1, 0.15) is 39.0 Å². The smallest absolute Gasteiger partial charge is 0.00234 e. The maximum Gasteiger partial charge on any atom is -0.00234 e. The minimum atomic E-state index is 0.983. The number of hydrogen-bond acceptors (Lipinski definition) is 1. The second-order valence-corrected chi connectivity index (χ2v) is 5.33. The van der Waals surface area contributed by atoms with Gasteiger partial charge in [0.05, 0.1) is 0 Å². The molecule has 4 atom stereocenters. The normalized spacial score (nSPS) is 44.8. The fraction of sp³-hybridized carbons (Fsp3) is 1.00. The highest BCUT2D eigenvalue weighted by molar-refractivity contribution is 4.87. The molecule has 3 unspecified atom stereocenters. The molecule has 1 N–H and O–H groups in total. The summed E-state index contributed by atoms with van der Waals surface area (Å²) in [5.41, 5.74) is 0. The topological polar surface area (TPSA) is 12.0 Å². The van der Waals surface area contributed by atoms with Crippen LogP contribution in [0.4, 0.5) is 0 Å². The summed E-state index contributed by atoms with van der Waals surface area (Å²) in [6.07, 6.45) is 7.55. The van der Waals surface area contributed by atoms with Crippen molar-refractivity contribution in [2.24, 2.45) is 23.7 Å². The number of hydrogen-bond donors (Lipinski definition) is 1. The van der Waals surface area contributed by atoms with Gasteiger partial charge in [-0.2, -0.15) is 0 Å². The van der Waals surface area contributed by atoms with E-state index in [1.54, 1.807) is 0 Å². The van der Waals surface area contributed by atoms with Crippen LogP contribution >= 0.6 is 0 Å². The zero-order valence-electron chi connectivity index (χ0n) is 9.05. The third-order valence-electron chi connectivity index (χ3n) is 4.15. The summed E-state index contributed by atoms with van der Waals surface area (Å²) in [5.74, 6) is 4.19. The molecule has 2 rings (SSSR count). The molecule has 0 amide bonds. The zero-order valence-corrected chi connectivity index (χ0v) is 9.05. The highest BCUT2D eigenvalue weighted by Gasteiger charge is 2.36. The molecule has 0 aromatic carbocycles. The Bertz CT molecular complexity index is 167. The third-order valence-corrected chi connectivity index (χ3v) is 4.15. The summed E-state index contributed by atoms with van der Waals surface area (Å²) in [6.45, 7) is 3.68. The van der Waals surface area contributed by atoms with Crippen molar-refractivity contribution in [2.45, 2.75) is 39.0 Å². The molecule has 2 fully saturated rings. The average molecular weight is 181 g/mol. The molecule has 0 aliphatic heterocycles. The van der Waals surface area contributed by atoms with Gasteiger partial charge in [-0.05, 0) is 69.4 Å². The second-order valence-electron chi connectivity index (χ2n) is 5.33. The van der Waals surface area contributed by atoms with Gasteiger partial charge in [0.1, 0.15) is 0 Å². The van der Waals surface area contributed by atoms with E-state index in [4.69, 9.17) is 0 Å². The lowest BCUT2D eigenvalue weighted by atomic mass is 9.76. The third kappa shape index (κ3) is 2.07. The molecule has 0 aromatic heterocycles. The summed E-state index contributed by atoms with van der Waals surface area (Å²) in [6, 6.07) is 0. The van der Waals surface area contributed by atoms with E-state index in [1.165, 1.54) is 38.6 Å². The van der Waals surface area contributed by atoms with Crippen LogP contribution in [0.2, 0.25) is 0 Å². The van der Waals surface area contributed by atoms with E-state index in [9.17, 15) is 0 Å². The molecule has 13 heavy (non-hydrogen) atoms. The first-order chi connectivity index (χ1) is 6.29. The molecular weight excluding hydrogens is 158 g/mol. The van der Waals surface area contributed by atoms with Gasteiger partial charge in [0.2, 0.25) is 0 Å². The molecule has 2 aliphatic rings. The maximum absolute atomic E-state index is 3.33. The maximum atomic E-state index is 3.33.